The highest BCUT2D eigenvalue weighted by atomic mass is 32.1. The van der Waals surface area contributed by atoms with E-state index in [1.165, 1.54) is 11.3 Å². The first-order chi connectivity index (χ1) is 15.6. The molecular formula is C25H23N3O3S. The number of thiazole rings is 1. The molecular weight excluding hydrogens is 422 g/mol. The number of amides is 1. The van der Waals surface area contributed by atoms with Crippen molar-refractivity contribution in [1.82, 2.24) is 9.97 Å². The van der Waals surface area contributed by atoms with E-state index in [9.17, 15) is 4.79 Å². The second-order valence-corrected chi connectivity index (χ2v) is 7.93. The molecule has 2 aromatic carbocycles. The number of ether oxygens (including phenoxy) is 2. The maximum Gasteiger partial charge on any atom is 0.230 e. The van der Waals surface area contributed by atoms with Gasteiger partial charge in [-0.05, 0) is 61.9 Å². The van der Waals surface area contributed by atoms with E-state index in [-0.39, 0.29) is 12.3 Å². The van der Waals surface area contributed by atoms with Crippen LogP contribution in [0.1, 0.15) is 18.2 Å². The zero-order chi connectivity index (χ0) is 22.3. The molecule has 0 atom stereocenters. The van der Waals surface area contributed by atoms with Gasteiger partial charge < -0.3 is 14.8 Å². The Hall–Kier alpha value is -3.71. The Kier molecular flexibility index (Phi) is 6.77. The summed E-state index contributed by atoms with van der Waals surface area (Å²) in [6.07, 6.45) is 3.55. The first-order valence-corrected chi connectivity index (χ1v) is 11.2. The van der Waals surface area contributed by atoms with Crippen molar-refractivity contribution in [3.8, 4) is 27.8 Å². The molecule has 0 saturated carbocycles. The fourth-order valence-corrected chi connectivity index (χ4v) is 4.03. The Balaban J connectivity index is 1.40. The highest BCUT2D eigenvalue weighted by molar-refractivity contribution is 7.13. The SMILES string of the molecule is CCOc1ccccc1-c1nc(CC(=O)Nc2ccc(Oc3cccnc3)c(C)c2)cs1. The number of carbonyl (C=O) groups is 1. The van der Waals surface area contributed by atoms with Crippen LogP contribution in [0.25, 0.3) is 10.6 Å². The molecule has 4 rings (SSSR count). The van der Waals surface area contributed by atoms with Crippen LogP contribution in [0.4, 0.5) is 5.69 Å². The van der Waals surface area contributed by atoms with Gasteiger partial charge in [0.1, 0.15) is 22.3 Å². The van der Waals surface area contributed by atoms with Crippen molar-refractivity contribution >= 4 is 22.9 Å². The van der Waals surface area contributed by atoms with Crippen LogP contribution in [0.5, 0.6) is 17.2 Å². The largest absolute Gasteiger partial charge is 0.493 e. The van der Waals surface area contributed by atoms with E-state index >= 15 is 0 Å². The first kappa shape index (κ1) is 21.5. The normalized spacial score (nSPS) is 10.6. The van der Waals surface area contributed by atoms with E-state index in [0.717, 1.165) is 27.6 Å². The number of hydrogen-bond donors (Lipinski definition) is 1. The van der Waals surface area contributed by atoms with E-state index in [1.807, 2.05) is 73.8 Å². The summed E-state index contributed by atoms with van der Waals surface area (Å²) < 4.78 is 11.5. The van der Waals surface area contributed by atoms with E-state index in [0.29, 0.717) is 23.8 Å². The number of nitrogens with zero attached hydrogens (tertiary/aromatic N) is 2. The number of hydrogen-bond acceptors (Lipinski definition) is 6. The van der Waals surface area contributed by atoms with E-state index in [2.05, 4.69) is 15.3 Å². The zero-order valence-electron chi connectivity index (χ0n) is 17.9. The van der Waals surface area contributed by atoms with E-state index in [4.69, 9.17) is 9.47 Å². The van der Waals surface area contributed by atoms with Crippen molar-refractivity contribution in [2.75, 3.05) is 11.9 Å². The molecule has 0 spiro atoms. The summed E-state index contributed by atoms with van der Waals surface area (Å²) in [4.78, 5) is 21.3. The van der Waals surface area contributed by atoms with Gasteiger partial charge >= 0.3 is 0 Å². The fourth-order valence-electron chi connectivity index (χ4n) is 3.18. The predicted molar refractivity (Wildman–Crippen MR) is 127 cm³/mol. The predicted octanol–water partition coefficient (Wildman–Crippen LogP) is 5.89. The number of aromatic nitrogens is 2. The Morgan fingerprint density at radius 3 is 2.75 bits per heavy atom. The van der Waals surface area contributed by atoms with Gasteiger partial charge in [0.25, 0.3) is 0 Å². The molecule has 0 aliphatic heterocycles. The third kappa shape index (κ3) is 5.31. The van der Waals surface area contributed by atoms with Crippen LogP contribution in [0.3, 0.4) is 0 Å². The van der Waals surface area contributed by atoms with Crippen molar-refractivity contribution < 1.29 is 14.3 Å². The van der Waals surface area contributed by atoms with Gasteiger partial charge in [-0.2, -0.15) is 0 Å². The van der Waals surface area contributed by atoms with Crippen LogP contribution in [0.2, 0.25) is 0 Å². The topological polar surface area (TPSA) is 73.3 Å². The lowest BCUT2D eigenvalue weighted by atomic mass is 10.2. The van der Waals surface area contributed by atoms with Crippen molar-refractivity contribution in [1.29, 1.82) is 0 Å². The average Bonchev–Trinajstić information content (AvgIpc) is 3.25. The molecule has 0 radical (unpaired) electrons. The molecule has 0 saturated heterocycles. The Morgan fingerprint density at radius 2 is 1.97 bits per heavy atom. The van der Waals surface area contributed by atoms with Crippen LogP contribution < -0.4 is 14.8 Å². The standard InChI is InChI=1S/C25H23N3O3S/c1-3-30-23-9-5-4-8-21(23)25-28-19(16-32-25)14-24(29)27-18-10-11-22(17(2)13-18)31-20-7-6-12-26-15-20/h4-13,15-16H,3,14H2,1-2H3,(H,27,29). The van der Waals surface area contributed by atoms with Gasteiger partial charge in [0.05, 0.1) is 30.5 Å². The van der Waals surface area contributed by atoms with Crippen molar-refractivity contribution in [2.45, 2.75) is 20.3 Å². The second-order valence-electron chi connectivity index (χ2n) is 7.07. The zero-order valence-corrected chi connectivity index (χ0v) is 18.7. The number of rotatable bonds is 8. The molecule has 6 nitrogen and oxygen atoms in total. The number of benzene rings is 2. The lowest BCUT2D eigenvalue weighted by molar-refractivity contribution is -0.115. The molecule has 2 aromatic heterocycles. The molecule has 0 bridgehead atoms. The Bertz CT molecular complexity index is 1210. The second kappa shape index (κ2) is 10.1. The molecule has 7 heteroatoms. The molecule has 0 unspecified atom stereocenters. The third-order valence-electron chi connectivity index (χ3n) is 4.63. The van der Waals surface area contributed by atoms with Crippen LogP contribution in [0, 0.1) is 6.92 Å². The monoisotopic (exact) mass is 445 g/mol. The minimum atomic E-state index is -0.125. The summed E-state index contributed by atoms with van der Waals surface area (Å²) in [5.74, 6) is 2.05. The average molecular weight is 446 g/mol. The highest BCUT2D eigenvalue weighted by Crippen LogP contribution is 2.32. The van der Waals surface area contributed by atoms with Crippen LogP contribution in [-0.2, 0) is 11.2 Å². The minimum Gasteiger partial charge on any atom is -0.493 e. The summed E-state index contributed by atoms with van der Waals surface area (Å²) in [6, 6.07) is 17.0. The molecule has 1 amide bonds. The van der Waals surface area contributed by atoms with Gasteiger partial charge in [-0.3, -0.25) is 9.78 Å². The van der Waals surface area contributed by atoms with Gasteiger partial charge in [0, 0.05) is 17.3 Å². The van der Waals surface area contributed by atoms with Crippen molar-refractivity contribution in [3.63, 3.8) is 0 Å². The molecule has 0 aliphatic rings. The first-order valence-electron chi connectivity index (χ1n) is 10.3. The molecule has 2 heterocycles. The number of anilines is 1. The fraction of sp³-hybridized carbons (Fsp3) is 0.160. The smallest absolute Gasteiger partial charge is 0.230 e. The number of para-hydroxylation sites is 1. The summed E-state index contributed by atoms with van der Waals surface area (Å²) in [7, 11) is 0. The van der Waals surface area contributed by atoms with E-state index in [1.54, 1.807) is 12.4 Å². The highest BCUT2D eigenvalue weighted by Gasteiger charge is 2.13. The van der Waals surface area contributed by atoms with Crippen LogP contribution >= 0.6 is 11.3 Å². The molecule has 1 N–H and O–H groups in total. The quantitative estimate of drug-likeness (QED) is 0.366. The Morgan fingerprint density at radius 1 is 1.09 bits per heavy atom. The van der Waals surface area contributed by atoms with Crippen LogP contribution in [0.15, 0.2) is 72.4 Å². The van der Waals surface area contributed by atoms with Gasteiger partial charge in [-0.25, -0.2) is 4.98 Å². The van der Waals surface area contributed by atoms with Gasteiger partial charge in [0.15, 0.2) is 0 Å². The van der Waals surface area contributed by atoms with E-state index < -0.39 is 0 Å². The molecule has 4 aromatic rings. The summed E-state index contributed by atoms with van der Waals surface area (Å²) in [5.41, 5.74) is 3.28. The summed E-state index contributed by atoms with van der Waals surface area (Å²) in [5, 5.41) is 5.68. The van der Waals surface area contributed by atoms with Crippen molar-refractivity contribution in [3.05, 3.63) is 83.6 Å². The molecule has 162 valence electrons. The number of aryl methyl sites for hydroxylation is 1. The van der Waals surface area contributed by atoms with Crippen LogP contribution in [-0.4, -0.2) is 22.5 Å². The molecule has 0 fully saturated rings. The van der Waals surface area contributed by atoms with Gasteiger partial charge in [-0.1, -0.05) is 12.1 Å². The maximum absolute atomic E-state index is 12.6. The lowest BCUT2D eigenvalue weighted by Crippen LogP contribution is -2.14. The van der Waals surface area contributed by atoms with Gasteiger partial charge in [0.2, 0.25) is 5.91 Å². The lowest BCUT2D eigenvalue weighted by Gasteiger charge is -2.11. The summed E-state index contributed by atoms with van der Waals surface area (Å²) in [6.45, 7) is 4.47. The number of nitrogens with one attached hydrogen (secondary N) is 1. The Labute approximate surface area is 190 Å². The minimum absolute atomic E-state index is 0.125. The molecule has 0 aliphatic carbocycles. The molecule has 32 heavy (non-hydrogen) atoms. The van der Waals surface area contributed by atoms with Crippen molar-refractivity contribution in [2.24, 2.45) is 0 Å². The van der Waals surface area contributed by atoms with Gasteiger partial charge in [-0.15, -0.1) is 11.3 Å². The maximum atomic E-state index is 12.6. The number of carbonyl (C=O) groups excluding carboxylic acids is 1. The third-order valence-corrected chi connectivity index (χ3v) is 5.56. The number of pyridine rings is 1. The summed E-state index contributed by atoms with van der Waals surface area (Å²) >= 11 is 1.50.